The van der Waals surface area contributed by atoms with Crippen LogP contribution < -0.4 is 14.8 Å². The quantitative estimate of drug-likeness (QED) is 0.194. The minimum absolute atomic E-state index is 0.0195. The van der Waals surface area contributed by atoms with Crippen molar-refractivity contribution in [3.63, 3.8) is 0 Å². The molecule has 1 heterocycles. The molecule has 1 N–H and O–H groups in total. The second-order valence-electron chi connectivity index (χ2n) is 8.83. The van der Waals surface area contributed by atoms with E-state index in [1.807, 2.05) is 48.5 Å². The average Bonchev–Trinajstić information content (AvgIpc) is 3.00. The van der Waals surface area contributed by atoms with E-state index in [9.17, 15) is 14.0 Å². The fourth-order valence-corrected chi connectivity index (χ4v) is 4.41. The van der Waals surface area contributed by atoms with Crippen LogP contribution in [0.5, 0.6) is 11.5 Å². The number of hydrogen-bond donors (Lipinski definition) is 1. The molecule has 0 spiro atoms. The van der Waals surface area contributed by atoms with Gasteiger partial charge in [-0.25, -0.2) is 19.2 Å². The van der Waals surface area contributed by atoms with Crippen LogP contribution in [0, 0.1) is 5.82 Å². The highest BCUT2D eigenvalue weighted by Crippen LogP contribution is 2.33. The van der Waals surface area contributed by atoms with E-state index in [0.717, 1.165) is 11.1 Å². The molecule has 0 unspecified atom stereocenters. The number of halogens is 2. The maximum Gasteiger partial charge on any atom is 0.338 e. The molecule has 4 aromatic carbocycles. The SMILES string of the molecule is COc1ccc(-c2nc3ccc(C(=O)OCC(=O)Nc4ccc(Br)cc4F)cc3nc2-c2ccc(OC)cc2)cc1. The van der Waals surface area contributed by atoms with E-state index in [2.05, 4.69) is 21.2 Å². The van der Waals surface area contributed by atoms with E-state index in [1.165, 1.54) is 12.1 Å². The zero-order chi connectivity index (χ0) is 28.9. The molecule has 0 saturated carbocycles. The molecule has 0 atom stereocenters. The van der Waals surface area contributed by atoms with E-state index >= 15 is 0 Å². The van der Waals surface area contributed by atoms with Crippen LogP contribution in [-0.2, 0) is 9.53 Å². The number of carbonyl (C=O) groups excluding carboxylic acids is 2. The molecule has 0 saturated heterocycles. The number of nitrogens with zero attached hydrogens (tertiary/aromatic N) is 2. The van der Waals surface area contributed by atoms with E-state index in [-0.39, 0.29) is 11.3 Å². The Hall–Kier alpha value is -4.83. The second-order valence-corrected chi connectivity index (χ2v) is 9.75. The summed E-state index contributed by atoms with van der Waals surface area (Å²) in [6, 6.07) is 23.9. The molecule has 0 bridgehead atoms. The lowest BCUT2D eigenvalue weighted by atomic mass is 10.0. The van der Waals surface area contributed by atoms with Gasteiger partial charge in [0.2, 0.25) is 0 Å². The molecule has 1 aromatic heterocycles. The number of aromatic nitrogens is 2. The Morgan fingerprint density at radius 3 is 1.93 bits per heavy atom. The maximum absolute atomic E-state index is 14.0. The van der Waals surface area contributed by atoms with Gasteiger partial charge in [0.25, 0.3) is 5.91 Å². The number of esters is 1. The Morgan fingerprint density at radius 1 is 0.780 bits per heavy atom. The van der Waals surface area contributed by atoms with Crippen molar-refractivity contribution in [1.29, 1.82) is 0 Å². The molecule has 5 aromatic rings. The Morgan fingerprint density at radius 2 is 1.37 bits per heavy atom. The molecule has 41 heavy (non-hydrogen) atoms. The van der Waals surface area contributed by atoms with Crippen LogP contribution in [0.2, 0.25) is 0 Å². The number of carbonyl (C=O) groups is 2. The first-order valence-electron chi connectivity index (χ1n) is 12.4. The van der Waals surface area contributed by atoms with Crippen LogP contribution in [0.4, 0.5) is 10.1 Å². The van der Waals surface area contributed by atoms with Gasteiger partial charge in [-0.2, -0.15) is 0 Å². The number of anilines is 1. The molecular weight excluding hydrogens is 593 g/mol. The first-order chi connectivity index (χ1) is 19.8. The fourth-order valence-electron chi connectivity index (χ4n) is 4.07. The predicted octanol–water partition coefficient (Wildman–Crippen LogP) is 6.68. The number of amides is 1. The lowest BCUT2D eigenvalue weighted by Gasteiger charge is -2.12. The van der Waals surface area contributed by atoms with Gasteiger partial charge in [0.05, 0.1) is 47.9 Å². The summed E-state index contributed by atoms with van der Waals surface area (Å²) in [6.07, 6.45) is 0. The summed E-state index contributed by atoms with van der Waals surface area (Å²) in [5.74, 6) is -0.608. The van der Waals surface area contributed by atoms with Crippen molar-refractivity contribution in [2.75, 3.05) is 26.1 Å². The monoisotopic (exact) mass is 615 g/mol. The third kappa shape index (κ3) is 6.33. The lowest BCUT2D eigenvalue weighted by Crippen LogP contribution is -2.21. The van der Waals surface area contributed by atoms with Crippen molar-refractivity contribution in [2.45, 2.75) is 0 Å². The molecule has 0 aliphatic heterocycles. The Bertz CT molecular complexity index is 1740. The van der Waals surface area contributed by atoms with Crippen LogP contribution >= 0.6 is 15.9 Å². The van der Waals surface area contributed by atoms with E-state index in [1.54, 1.807) is 38.5 Å². The van der Waals surface area contributed by atoms with E-state index in [0.29, 0.717) is 38.4 Å². The highest BCUT2D eigenvalue weighted by Gasteiger charge is 2.17. The van der Waals surface area contributed by atoms with Crippen LogP contribution in [-0.4, -0.2) is 42.7 Å². The van der Waals surface area contributed by atoms with Gasteiger partial charge in [0.1, 0.15) is 17.3 Å². The molecule has 1 amide bonds. The van der Waals surface area contributed by atoms with Gasteiger partial charge in [-0.3, -0.25) is 4.79 Å². The number of hydrogen-bond acceptors (Lipinski definition) is 7. The van der Waals surface area contributed by atoms with Crippen molar-refractivity contribution >= 4 is 44.5 Å². The van der Waals surface area contributed by atoms with Gasteiger partial charge in [-0.1, -0.05) is 15.9 Å². The minimum Gasteiger partial charge on any atom is -0.497 e. The summed E-state index contributed by atoms with van der Waals surface area (Å²) in [7, 11) is 3.20. The van der Waals surface area contributed by atoms with Gasteiger partial charge < -0.3 is 19.5 Å². The summed E-state index contributed by atoms with van der Waals surface area (Å²) < 4.78 is 30.3. The van der Waals surface area contributed by atoms with E-state index in [4.69, 9.17) is 24.2 Å². The van der Waals surface area contributed by atoms with Crippen molar-refractivity contribution in [3.8, 4) is 34.0 Å². The Kier molecular flexibility index (Phi) is 8.21. The zero-order valence-electron chi connectivity index (χ0n) is 22.0. The molecule has 0 aliphatic rings. The molecule has 206 valence electrons. The molecule has 0 radical (unpaired) electrons. The summed E-state index contributed by atoms with van der Waals surface area (Å²) in [5, 5.41) is 2.39. The first-order valence-corrected chi connectivity index (χ1v) is 13.2. The number of fused-ring (bicyclic) bond motifs is 1. The van der Waals surface area contributed by atoms with E-state index < -0.39 is 24.3 Å². The van der Waals surface area contributed by atoms with Crippen LogP contribution in [0.25, 0.3) is 33.5 Å². The van der Waals surface area contributed by atoms with Crippen LogP contribution in [0.3, 0.4) is 0 Å². The van der Waals surface area contributed by atoms with Crippen molar-refractivity contribution < 1.29 is 28.2 Å². The molecule has 0 fully saturated rings. The maximum atomic E-state index is 14.0. The van der Waals surface area contributed by atoms with Crippen molar-refractivity contribution in [2.24, 2.45) is 0 Å². The molecule has 0 aliphatic carbocycles. The topological polar surface area (TPSA) is 99.6 Å². The van der Waals surface area contributed by atoms with Crippen molar-refractivity contribution in [1.82, 2.24) is 9.97 Å². The standard InChI is InChI=1S/C31H23BrFN3O5/c1-39-22-9-3-18(4-10-22)29-30(19-5-11-23(40-2)12-6-19)36-27-15-20(7-13-26(27)35-29)31(38)41-17-28(37)34-25-14-8-21(32)16-24(25)33/h3-16H,17H2,1-2H3,(H,34,37). The largest absolute Gasteiger partial charge is 0.497 e. The first kappa shape index (κ1) is 27.7. The number of methoxy groups -OCH3 is 2. The number of rotatable bonds is 8. The lowest BCUT2D eigenvalue weighted by molar-refractivity contribution is -0.119. The number of nitrogens with one attached hydrogen (secondary N) is 1. The normalized spacial score (nSPS) is 10.7. The zero-order valence-corrected chi connectivity index (χ0v) is 23.6. The fraction of sp³-hybridized carbons (Fsp3) is 0.0968. The van der Waals surface area contributed by atoms with Crippen molar-refractivity contribution in [3.05, 3.63) is 101 Å². The van der Waals surface area contributed by atoms with Crippen LogP contribution in [0.1, 0.15) is 10.4 Å². The Labute approximate surface area is 243 Å². The molecule has 8 nitrogen and oxygen atoms in total. The smallest absolute Gasteiger partial charge is 0.338 e. The van der Waals surface area contributed by atoms with Crippen LogP contribution in [0.15, 0.2) is 89.4 Å². The van der Waals surface area contributed by atoms with Gasteiger partial charge >= 0.3 is 5.97 Å². The molecular formula is C31H23BrFN3O5. The number of benzene rings is 4. The summed E-state index contributed by atoms with van der Waals surface area (Å²) in [4.78, 5) is 34.8. The van der Waals surface area contributed by atoms with Gasteiger partial charge in [0.15, 0.2) is 6.61 Å². The van der Waals surface area contributed by atoms with Gasteiger partial charge in [-0.15, -0.1) is 0 Å². The summed E-state index contributed by atoms with van der Waals surface area (Å²) in [5.41, 5.74) is 4.08. The second kappa shape index (κ2) is 12.1. The average molecular weight is 616 g/mol. The minimum atomic E-state index is -0.731. The highest BCUT2D eigenvalue weighted by molar-refractivity contribution is 9.10. The number of ether oxygens (including phenoxy) is 3. The van der Waals surface area contributed by atoms with Gasteiger partial charge in [0, 0.05) is 15.6 Å². The molecule has 5 rings (SSSR count). The third-order valence-electron chi connectivity index (χ3n) is 6.17. The third-order valence-corrected chi connectivity index (χ3v) is 6.66. The predicted molar refractivity (Wildman–Crippen MR) is 157 cm³/mol. The summed E-state index contributed by atoms with van der Waals surface area (Å²) >= 11 is 3.16. The Balaban J connectivity index is 1.42. The highest BCUT2D eigenvalue weighted by atomic mass is 79.9. The summed E-state index contributed by atoms with van der Waals surface area (Å²) in [6.45, 7) is -0.592. The van der Waals surface area contributed by atoms with Gasteiger partial charge in [-0.05, 0) is 84.9 Å². The molecule has 10 heteroatoms.